The minimum atomic E-state index is 0.156. The minimum absolute atomic E-state index is 0.156. The summed E-state index contributed by atoms with van der Waals surface area (Å²) in [6, 6.07) is 0.724. The number of hydrogen-bond acceptors (Lipinski definition) is 2. The maximum atomic E-state index is 5.87. The topological polar surface area (TPSA) is 38.0 Å². The molecule has 0 bridgehead atoms. The molecule has 84 valence electrons. The maximum Gasteiger partial charge on any atom is 0.0280 e. The summed E-state index contributed by atoms with van der Waals surface area (Å²) in [5.74, 6) is 0.720. The molecule has 3 N–H and O–H groups in total. The molecule has 2 nitrogen and oxygen atoms in total. The zero-order valence-electron chi connectivity index (χ0n) is 9.97. The van der Waals surface area contributed by atoms with Crippen LogP contribution < -0.4 is 11.1 Å². The van der Waals surface area contributed by atoms with Crippen molar-refractivity contribution in [1.82, 2.24) is 5.32 Å². The summed E-state index contributed by atoms with van der Waals surface area (Å²) in [5, 5.41) is 3.75. The first-order chi connectivity index (χ1) is 6.56. The monoisotopic (exact) mass is 198 g/mol. The maximum absolute atomic E-state index is 5.87. The van der Waals surface area contributed by atoms with Gasteiger partial charge < -0.3 is 11.1 Å². The summed E-state index contributed by atoms with van der Waals surface area (Å²) >= 11 is 0. The van der Waals surface area contributed by atoms with Crippen molar-refractivity contribution < 1.29 is 0 Å². The molecule has 0 aromatic carbocycles. The first kappa shape index (κ1) is 12.0. The molecule has 0 saturated heterocycles. The second kappa shape index (κ2) is 5.13. The standard InChI is InChI=1S/C12H26N2/c1-10(2)8-12(3,9-13)14-11-6-4-5-7-11/h10-11,14H,4-9,13H2,1-3H3. The second-order valence-electron chi connectivity index (χ2n) is 5.49. The van der Waals surface area contributed by atoms with Gasteiger partial charge in [0.15, 0.2) is 0 Å². The second-order valence-corrected chi connectivity index (χ2v) is 5.49. The molecule has 0 heterocycles. The largest absolute Gasteiger partial charge is 0.329 e. The van der Waals surface area contributed by atoms with Crippen molar-refractivity contribution in [2.24, 2.45) is 11.7 Å². The van der Waals surface area contributed by atoms with E-state index in [4.69, 9.17) is 5.73 Å². The van der Waals surface area contributed by atoms with Crippen LogP contribution in [0.5, 0.6) is 0 Å². The zero-order chi connectivity index (χ0) is 10.6. The average Bonchev–Trinajstić information content (AvgIpc) is 2.55. The fourth-order valence-corrected chi connectivity index (χ4v) is 2.67. The lowest BCUT2D eigenvalue weighted by molar-refractivity contribution is 0.267. The van der Waals surface area contributed by atoms with Crippen LogP contribution in [0.4, 0.5) is 0 Å². The Morgan fingerprint density at radius 2 is 1.93 bits per heavy atom. The van der Waals surface area contributed by atoms with E-state index in [0.717, 1.165) is 18.5 Å². The SMILES string of the molecule is CC(C)CC(C)(CN)NC1CCCC1. The molecule has 0 spiro atoms. The van der Waals surface area contributed by atoms with Crippen molar-refractivity contribution in [1.29, 1.82) is 0 Å². The van der Waals surface area contributed by atoms with Gasteiger partial charge in [0.25, 0.3) is 0 Å². The molecule has 0 radical (unpaired) electrons. The minimum Gasteiger partial charge on any atom is -0.329 e. The summed E-state index contributed by atoms with van der Waals surface area (Å²) in [4.78, 5) is 0. The summed E-state index contributed by atoms with van der Waals surface area (Å²) in [5.41, 5.74) is 6.03. The van der Waals surface area contributed by atoms with Crippen LogP contribution in [0.1, 0.15) is 52.9 Å². The van der Waals surface area contributed by atoms with Crippen LogP contribution in [0.25, 0.3) is 0 Å². The van der Waals surface area contributed by atoms with Crippen LogP contribution >= 0.6 is 0 Å². The van der Waals surface area contributed by atoms with E-state index in [-0.39, 0.29) is 5.54 Å². The molecular weight excluding hydrogens is 172 g/mol. The Hall–Kier alpha value is -0.0800. The molecule has 1 atom stereocenters. The van der Waals surface area contributed by atoms with Crippen LogP contribution in [0, 0.1) is 5.92 Å². The van der Waals surface area contributed by atoms with Gasteiger partial charge in [0, 0.05) is 18.1 Å². The highest BCUT2D eigenvalue weighted by Crippen LogP contribution is 2.23. The van der Waals surface area contributed by atoms with Gasteiger partial charge in [0.05, 0.1) is 0 Å². The highest BCUT2D eigenvalue weighted by Gasteiger charge is 2.27. The van der Waals surface area contributed by atoms with E-state index in [1.54, 1.807) is 0 Å². The van der Waals surface area contributed by atoms with Gasteiger partial charge in [-0.1, -0.05) is 26.7 Å². The van der Waals surface area contributed by atoms with E-state index in [2.05, 4.69) is 26.1 Å². The van der Waals surface area contributed by atoms with Gasteiger partial charge in [-0.3, -0.25) is 0 Å². The molecule has 1 saturated carbocycles. The number of nitrogens with two attached hydrogens (primary N) is 1. The number of rotatable bonds is 5. The Balaban J connectivity index is 2.42. The molecule has 1 aliphatic rings. The Morgan fingerprint density at radius 1 is 1.36 bits per heavy atom. The Bertz CT molecular complexity index is 162. The van der Waals surface area contributed by atoms with Crippen LogP contribution in [0.2, 0.25) is 0 Å². The van der Waals surface area contributed by atoms with Crippen molar-refractivity contribution in [2.45, 2.75) is 64.5 Å². The molecule has 1 fully saturated rings. The highest BCUT2D eigenvalue weighted by atomic mass is 15.0. The lowest BCUT2D eigenvalue weighted by Crippen LogP contribution is -2.53. The molecule has 1 rings (SSSR count). The van der Waals surface area contributed by atoms with Crippen molar-refractivity contribution in [3.05, 3.63) is 0 Å². The molecule has 1 unspecified atom stereocenters. The molecule has 0 aromatic heterocycles. The third-order valence-electron chi connectivity index (χ3n) is 3.22. The van der Waals surface area contributed by atoms with Gasteiger partial charge in [0.1, 0.15) is 0 Å². The number of nitrogens with one attached hydrogen (secondary N) is 1. The summed E-state index contributed by atoms with van der Waals surface area (Å²) < 4.78 is 0. The van der Waals surface area contributed by atoms with E-state index >= 15 is 0 Å². The van der Waals surface area contributed by atoms with Crippen molar-refractivity contribution in [2.75, 3.05) is 6.54 Å². The van der Waals surface area contributed by atoms with Crippen LogP contribution in [-0.4, -0.2) is 18.1 Å². The van der Waals surface area contributed by atoms with Gasteiger partial charge >= 0.3 is 0 Å². The van der Waals surface area contributed by atoms with E-state index in [1.165, 1.54) is 32.1 Å². The lowest BCUT2D eigenvalue weighted by atomic mass is 9.90. The van der Waals surface area contributed by atoms with Crippen LogP contribution in [-0.2, 0) is 0 Å². The predicted molar refractivity (Wildman–Crippen MR) is 62.3 cm³/mol. The van der Waals surface area contributed by atoms with Gasteiger partial charge in [-0.05, 0) is 32.1 Å². The normalized spacial score (nSPS) is 22.9. The molecule has 0 aliphatic heterocycles. The van der Waals surface area contributed by atoms with Gasteiger partial charge in [-0.15, -0.1) is 0 Å². The summed E-state index contributed by atoms with van der Waals surface area (Å²) in [6.45, 7) is 7.56. The average molecular weight is 198 g/mol. The van der Waals surface area contributed by atoms with Gasteiger partial charge in [0.2, 0.25) is 0 Å². The van der Waals surface area contributed by atoms with E-state index in [0.29, 0.717) is 0 Å². The van der Waals surface area contributed by atoms with Crippen LogP contribution in [0.15, 0.2) is 0 Å². The van der Waals surface area contributed by atoms with Crippen molar-refractivity contribution >= 4 is 0 Å². The zero-order valence-corrected chi connectivity index (χ0v) is 9.97. The Labute approximate surface area is 88.6 Å². The Morgan fingerprint density at radius 3 is 2.36 bits per heavy atom. The smallest absolute Gasteiger partial charge is 0.0280 e. The van der Waals surface area contributed by atoms with Gasteiger partial charge in [-0.25, -0.2) is 0 Å². The number of hydrogen-bond donors (Lipinski definition) is 2. The fourth-order valence-electron chi connectivity index (χ4n) is 2.67. The van der Waals surface area contributed by atoms with E-state index < -0.39 is 0 Å². The van der Waals surface area contributed by atoms with Crippen molar-refractivity contribution in [3.63, 3.8) is 0 Å². The van der Waals surface area contributed by atoms with E-state index in [1.807, 2.05) is 0 Å². The van der Waals surface area contributed by atoms with Crippen molar-refractivity contribution in [3.8, 4) is 0 Å². The fraction of sp³-hybridized carbons (Fsp3) is 1.00. The Kier molecular flexibility index (Phi) is 4.39. The predicted octanol–water partition coefficient (Wildman–Crippen LogP) is 2.28. The molecular formula is C12H26N2. The third kappa shape index (κ3) is 3.58. The first-order valence-corrected chi connectivity index (χ1v) is 6.03. The lowest BCUT2D eigenvalue weighted by Gasteiger charge is -2.34. The molecule has 0 amide bonds. The molecule has 2 heteroatoms. The van der Waals surface area contributed by atoms with Crippen LogP contribution in [0.3, 0.4) is 0 Å². The van der Waals surface area contributed by atoms with E-state index in [9.17, 15) is 0 Å². The van der Waals surface area contributed by atoms with Gasteiger partial charge in [-0.2, -0.15) is 0 Å². The molecule has 1 aliphatic carbocycles. The quantitative estimate of drug-likeness (QED) is 0.711. The summed E-state index contributed by atoms with van der Waals surface area (Å²) in [7, 11) is 0. The third-order valence-corrected chi connectivity index (χ3v) is 3.22. The first-order valence-electron chi connectivity index (χ1n) is 6.03. The molecule has 0 aromatic rings. The molecule has 14 heavy (non-hydrogen) atoms. The summed E-state index contributed by atoms with van der Waals surface area (Å²) in [6.07, 6.45) is 6.64. The highest BCUT2D eigenvalue weighted by molar-refractivity contribution is 4.90.